The lowest BCUT2D eigenvalue weighted by molar-refractivity contribution is -0.115. The van der Waals surface area contributed by atoms with E-state index in [0.29, 0.717) is 0 Å². The summed E-state index contributed by atoms with van der Waals surface area (Å²) >= 11 is 5.67. The first-order chi connectivity index (χ1) is 7.30. The van der Waals surface area contributed by atoms with E-state index < -0.39 is 5.38 Å². The number of alkyl halides is 1. The number of nitrogens with one attached hydrogen (secondary N) is 1. The van der Waals surface area contributed by atoms with Gasteiger partial charge in [0.2, 0.25) is 5.91 Å². The number of carbonyl (C=O) groups is 1. The molecule has 0 aliphatic heterocycles. The van der Waals surface area contributed by atoms with Gasteiger partial charge in [-0.3, -0.25) is 4.79 Å². The Morgan fingerprint density at radius 2 is 1.75 bits per heavy atom. The van der Waals surface area contributed by atoms with E-state index >= 15 is 0 Å². The summed E-state index contributed by atoms with van der Waals surface area (Å²) in [4.78, 5) is 11.4. The Morgan fingerprint density at radius 3 is 2.12 bits per heavy atom. The molecule has 88 valence electrons. The maximum atomic E-state index is 11.4. The van der Waals surface area contributed by atoms with E-state index in [9.17, 15) is 4.79 Å². The largest absolute Gasteiger partial charge is 0.325 e. The van der Waals surface area contributed by atoms with Gasteiger partial charge in [0.1, 0.15) is 5.38 Å². The minimum atomic E-state index is -0.512. The van der Waals surface area contributed by atoms with Gasteiger partial charge in [-0.15, -0.1) is 11.6 Å². The minimum absolute atomic E-state index is 0.127. The highest BCUT2D eigenvalue weighted by atomic mass is 35.5. The Labute approximate surface area is 102 Å². The van der Waals surface area contributed by atoms with Gasteiger partial charge in [-0.1, -0.05) is 32.9 Å². The van der Waals surface area contributed by atoms with E-state index in [1.165, 1.54) is 5.56 Å². The molecule has 0 aliphatic rings. The number of anilines is 1. The van der Waals surface area contributed by atoms with Gasteiger partial charge >= 0.3 is 0 Å². The van der Waals surface area contributed by atoms with Gasteiger partial charge in [-0.05, 0) is 30.0 Å². The number of amides is 1. The summed E-state index contributed by atoms with van der Waals surface area (Å²) in [5.41, 5.74) is 2.15. The van der Waals surface area contributed by atoms with Crippen LogP contribution in [0.2, 0.25) is 0 Å². The topological polar surface area (TPSA) is 29.1 Å². The van der Waals surface area contributed by atoms with Crippen LogP contribution in [0.15, 0.2) is 24.3 Å². The van der Waals surface area contributed by atoms with Crippen LogP contribution in [-0.2, 0) is 10.2 Å². The van der Waals surface area contributed by atoms with Crippen LogP contribution in [0.4, 0.5) is 5.69 Å². The molecule has 0 fully saturated rings. The van der Waals surface area contributed by atoms with Crippen molar-refractivity contribution in [3.63, 3.8) is 0 Å². The highest BCUT2D eigenvalue weighted by molar-refractivity contribution is 6.32. The molecular weight excluding hydrogens is 222 g/mol. The van der Waals surface area contributed by atoms with Gasteiger partial charge in [-0.25, -0.2) is 0 Å². The first-order valence-electron chi connectivity index (χ1n) is 5.36. The van der Waals surface area contributed by atoms with Crippen LogP contribution >= 0.6 is 11.6 Å². The van der Waals surface area contributed by atoms with Gasteiger partial charge in [-0.2, -0.15) is 0 Å². The second-order valence-electron chi connectivity index (χ2n) is 4.93. The smallest absolute Gasteiger partial charge is 0.242 e. The van der Waals surface area contributed by atoms with Crippen molar-refractivity contribution in [1.29, 1.82) is 0 Å². The second-order valence-corrected chi connectivity index (χ2v) is 5.59. The third-order valence-electron chi connectivity index (χ3n) is 2.38. The third-order valence-corrected chi connectivity index (χ3v) is 2.58. The molecule has 2 nitrogen and oxygen atoms in total. The zero-order valence-corrected chi connectivity index (χ0v) is 10.9. The molecule has 0 heterocycles. The van der Waals surface area contributed by atoms with Crippen molar-refractivity contribution in [2.75, 3.05) is 5.32 Å². The minimum Gasteiger partial charge on any atom is -0.325 e. The maximum absolute atomic E-state index is 11.4. The summed E-state index contributed by atoms with van der Waals surface area (Å²) in [6.07, 6.45) is 0. The molecule has 1 aromatic rings. The number of rotatable bonds is 2. The van der Waals surface area contributed by atoms with Crippen LogP contribution in [0.3, 0.4) is 0 Å². The Bertz CT molecular complexity index is 363. The molecule has 0 saturated heterocycles. The Hall–Kier alpha value is -1.02. The fourth-order valence-corrected chi connectivity index (χ4v) is 1.35. The molecule has 1 unspecified atom stereocenters. The first kappa shape index (κ1) is 13.0. The van der Waals surface area contributed by atoms with E-state index in [4.69, 9.17) is 11.6 Å². The van der Waals surface area contributed by atoms with Crippen molar-refractivity contribution in [3.8, 4) is 0 Å². The number of halogens is 1. The van der Waals surface area contributed by atoms with Gasteiger partial charge in [0.15, 0.2) is 0 Å². The molecule has 16 heavy (non-hydrogen) atoms. The predicted molar refractivity (Wildman–Crippen MR) is 69.1 cm³/mol. The SMILES string of the molecule is CC(Cl)C(=O)Nc1ccc(C(C)(C)C)cc1. The maximum Gasteiger partial charge on any atom is 0.242 e. The lowest BCUT2D eigenvalue weighted by Gasteiger charge is -2.19. The quantitative estimate of drug-likeness (QED) is 0.786. The molecule has 1 N–H and O–H groups in total. The predicted octanol–water partition coefficient (Wildman–Crippen LogP) is 3.55. The fraction of sp³-hybridized carbons (Fsp3) is 0.462. The van der Waals surface area contributed by atoms with Gasteiger partial charge in [0.05, 0.1) is 0 Å². The monoisotopic (exact) mass is 239 g/mol. The van der Waals surface area contributed by atoms with E-state index in [1.54, 1.807) is 6.92 Å². The van der Waals surface area contributed by atoms with Crippen LogP contribution in [0.5, 0.6) is 0 Å². The summed E-state index contributed by atoms with van der Waals surface area (Å²) in [6.45, 7) is 8.12. The average Bonchev–Trinajstić information content (AvgIpc) is 2.17. The lowest BCUT2D eigenvalue weighted by Crippen LogP contribution is -2.20. The molecule has 0 aliphatic carbocycles. The zero-order chi connectivity index (χ0) is 12.3. The number of carbonyl (C=O) groups excluding carboxylic acids is 1. The van der Waals surface area contributed by atoms with Crippen molar-refractivity contribution >= 4 is 23.2 Å². The van der Waals surface area contributed by atoms with E-state index in [0.717, 1.165) is 5.69 Å². The van der Waals surface area contributed by atoms with Crippen LogP contribution in [0, 0.1) is 0 Å². The molecule has 1 rings (SSSR count). The number of hydrogen-bond acceptors (Lipinski definition) is 1. The van der Waals surface area contributed by atoms with Crippen molar-refractivity contribution in [2.45, 2.75) is 38.5 Å². The van der Waals surface area contributed by atoms with Crippen molar-refractivity contribution < 1.29 is 4.79 Å². The van der Waals surface area contributed by atoms with E-state index in [-0.39, 0.29) is 11.3 Å². The molecule has 1 atom stereocenters. The van der Waals surface area contributed by atoms with Crippen molar-refractivity contribution in [1.82, 2.24) is 0 Å². The summed E-state index contributed by atoms with van der Waals surface area (Å²) in [7, 11) is 0. The molecule has 0 bridgehead atoms. The van der Waals surface area contributed by atoms with Gasteiger partial charge in [0, 0.05) is 5.69 Å². The first-order valence-corrected chi connectivity index (χ1v) is 5.80. The highest BCUT2D eigenvalue weighted by Crippen LogP contribution is 2.23. The van der Waals surface area contributed by atoms with Gasteiger partial charge < -0.3 is 5.32 Å². The summed E-state index contributed by atoms with van der Waals surface area (Å²) in [5, 5.41) is 2.24. The Morgan fingerprint density at radius 1 is 1.25 bits per heavy atom. The third kappa shape index (κ3) is 3.53. The van der Waals surface area contributed by atoms with Crippen molar-refractivity contribution in [3.05, 3.63) is 29.8 Å². The molecular formula is C13H18ClNO. The number of benzene rings is 1. The molecule has 0 radical (unpaired) electrons. The van der Waals surface area contributed by atoms with Crippen LogP contribution < -0.4 is 5.32 Å². The molecule has 3 heteroatoms. The molecule has 0 saturated carbocycles. The van der Waals surface area contributed by atoms with Gasteiger partial charge in [0.25, 0.3) is 0 Å². The molecule has 0 aromatic heterocycles. The summed E-state index contributed by atoms with van der Waals surface area (Å²) in [6, 6.07) is 7.85. The van der Waals surface area contributed by atoms with Crippen molar-refractivity contribution in [2.24, 2.45) is 0 Å². The van der Waals surface area contributed by atoms with Crippen LogP contribution in [0.1, 0.15) is 33.3 Å². The number of hydrogen-bond donors (Lipinski definition) is 1. The average molecular weight is 240 g/mol. The molecule has 1 amide bonds. The zero-order valence-electron chi connectivity index (χ0n) is 10.2. The van der Waals surface area contributed by atoms with Crippen LogP contribution in [-0.4, -0.2) is 11.3 Å². The van der Waals surface area contributed by atoms with E-state index in [2.05, 4.69) is 26.1 Å². The lowest BCUT2D eigenvalue weighted by atomic mass is 9.87. The molecule has 1 aromatic carbocycles. The summed E-state index contributed by atoms with van der Waals surface area (Å²) < 4.78 is 0. The summed E-state index contributed by atoms with van der Waals surface area (Å²) in [5.74, 6) is -0.176. The fourth-order valence-electron chi connectivity index (χ4n) is 1.30. The second kappa shape index (κ2) is 4.88. The Kier molecular flexibility index (Phi) is 3.98. The molecule has 0 spiro atoms. The normalized spacial score (nSPS) is 13.3. The van der Waals surface area contributed by atoms with E-state index in [1.807, 2.05) is 24.3 Å². The highest BCUT2D eigenvalue weighted by Gasteiger charge is 2.13. The standard InChI is InChI=1S/C13H18ClNO/c1-9(14)12(16)15-11-7-5-10(6-8-11)13(2,3)4/h5-9H,1-4H3,(H,15,16). The van der Waals surface area contributed by atoms with Crippen LogP contribution in [0.25, 0.3) is 0 Å². The Balaban J connectivity index is 2.76.